The molecule has 1 saturated heterocycles. The van der Waals surface area contributed by atoms with Crippen LogP contribution in [0.4, 0.5) is 23.8 Å². The Bertz CT molecular complexity index is 789. The molecule has 0 radical (unpaired) electrons. The highest BCUT2D eigenvalue weighted by Gasteiger charge is 2.52. The summed E-state index contributed by atoms with van der Waals surface area (Å²) in [6.45, 7) is 6.79. The van der Waals surface area contributed by atoms with Crippen molar-refractivity contribution in [2.45, 2.75) is 70.8 Å². The van der Waals surface area contributed by atoms with Gasteiger partial charge in [-0.1, -0.05) is 6.07 Å². The molecule has 154 valence electrons. The number of rotatable bonds is 2. The van der Waals surface area contributed by atoms with E-state index < -0.39 is 35.5 Å². The Morgan fingerprint density at radius 2 is 1.89 bits per heavy atom. The van der Waals surface area contributed by atoms with Gasteiger partial charge in [0, 0.05) is 6.04 Å². The number of fused-ring (bicyclic) bond motifs is 2. The van der Waals surface area contributed by atoms with E-state index in [1.54, 1.807) is 27.7 Å². The van der Waals surface area contributed by atoms with Gasteiger partial charge >= 0.3 is 12.3 Å². The molecule has 2 bridgehead atoms. The summed E-state index contributed by atoms with van der Waals surface area (Å²) < 4.78 is 44.3. The van der Waals surface area contributed by atoms with Crippen molar-refractivity contribution in [2.75, 3.05) is 5.32 Å². The van der Waals surface area contributed by atoms with Crippen molar-refractivity contribution in [3.8, 4) is 0 Å². The Balaban J connectivity index is 1.82. The van der Waals surface area contributed by atoms with Crippen LogP contribution in [0.15, 0.2) is 12.1 Å². The number of nitrogens with zero attached hydrogens (tertiary/aromatic N) is 2. The van der Waals surface area contributed by atoms with Gasteiger partial charge in [0.05, 0.1) is 0 Å². The second kappa shape index (κ2) is 6.93. The molecule has 3 atom stereocenters. The highest BCUT2D eigenvalue weighted by molar-refractivity contribution is 5.97. The topological polar surface area (TPSA) is 71.5 Å². The molecule has 2 heterocycles. The van der Waals surface area contributed by atoms with E-state index in [9.17, 15) is 22.8 Å². The van der Waals surface area contributed by atoms with Crippen LogP contribution in [0.2, 0.25) is 0 Å². The average molecular weight is 399 g/mol. The van der Waals surface area contributed by atoms with E-state index in [0.717, 1.165) is 18.9 Å². The number of alkyl halides is 3. The van der Waals surface area contributed by atoms with Gasteiger partial charge in [0.25, 0.3) is 0 Å². The molecule has 6 nitrogen and oxygen atoms in total. The van der Waals surface area contributed by atoms with Gasteiger partial charge in [-0.25, -0.2) is 9.78 Å². The summed E-state index contributed by atoms with van der Waals surface area (Å²) in [5, 5.41) is 2.50. The van der Waals surface area contributed by atoms with Crippen LogP contribution >= 0.6 is 0 Å². The number of halogens is 3. The third kappa shape index (κ3) is 4.07. The molecule has 2 aliphatic rings. The first-order chi connectivity index (χ1) is 12.9. The third-order valence-corrected chi connectivity index (χ3v) is 5.09. The van der Waals surface area contributed by atoms with Crippen LogP contribution in [0.5, 0.6) is 0 Å². The van der Waals surface area contributed by atoms with Crippen molar-refractivity contribution in [3.63, 3.8) is 0 Å². The molecule has 1 aromatic heterocycles. The Labute approximate surface area is 161 Å². The van der Waals surface area contributed by atoms with Crippen LogP contribution in [0, 0.1) is 12.8 Å². The Morgan fingerprint density at radius 1 is 1.21 bits per heavy atom. The zero-order valence-electron chi connectivity index (χ0n) is 16.3. The van der Waals surface area contributed by atoms with Crippen molar-refractivity contribution in [1.82, 2.24) is 9.88 Å². The summed E-state index contributed by atoms with van der Waals surface area (Å²) in [6.07, 6.45) is -2.92. The van der Waals surface area contributed by atoms with Crippen molar-refractivity contribution in [2.24, 2.45) is 5.92 Å². The second-order valence-electron chi connectivity index (χ2n) is 8.41. The molecule has 2 unspecified atom stereocenters. The smallest absolute Gasteiger partial charge is 0.433 e. The first-order valence-corrected chi connectivity index (χ1v) is 9.24. The minimum atomic E-state index is -4.61. The Hall–Kier alpha value is -2.32. The van der Waals surface area contributed by atoms with Crippen LogP contribution in [0.25, 0.3) is 0 Å². The van der Waals surface area contributed by atoms with Gasteiger partial charge in [0.15, 0.2) is 0 Å². The highest BCUT2D eigenvalue weighted by Crippen LogP contribution is 2.43. The highest BCUT2D eigenvalue weighted by atomic mass is 19.4. The molecule has 9 heteroatoms. The van der Waals surface area contributed by atoms with Gasteiger partial charge in [-0.2, -0.15) is 13.2 Å². The lowest BCUT2D eigenvalue weighted by molar-refractivity contribution is -0.141. The van der Waals surface area contributed by atoms with Gasteiger partial charge in [0.2, 0.25) is 5.91 Å². The molecule has 0 aromatic carbocycles. The first-order valence-electron chi connectivity index (χ1n) is 9.24. The number of aryl methyl sites for hydroxylation is 1. The standard InChI is InChI=1S/C19H24F3N3O3/c1-10-5-8-13(19(20,21)22)23-15(10)24-16(26)14-11-6-7-12(9-11)25(14)17(27)28-18(2,3)4/h5,8,11-12,14H,6-7,9H2,1-4H3,(H,23,24,26)/t11?,12?,14-/m0/s1. The van der Waals surface area contributed by atoms with E-state index in [2.05, 4.69) is 10.3 Å². The maximum Gasteiger partial charge on any atom is 0.433 e. The number of aromatic nitrogens is 1. The molecule has 3 rings (SSSR count). The molecule has 1 aliphatic heterocycles. The van der Waals surface area contributed by atoms with Crippen LogP contribution in [-0.4, -0.2) is 39.6 Å². The summed E-state index contributed by atoms with van der Waals surface area (Å²) in [4.78, 5) is 30.5. The summed E-state index contributed by atoms with van der Waals surface area (Å²) >= 11 is 0. The molecule has 2 amide bonds. The fraction of sp³-hybridized carbons (Fsp3) is 0.632. The van der Waals surface area contributed by atoms with Crippen LogP contribution in [0.3, 0.4) is 0 Å². The number of carbonyl (C=O) groups is 2. The van der Waals surface area contributed by atoms with E-state index in [1.807, 2.05) is 0 Å². The fourth-order valence-corrected chi connectivity index (χ4v) is 3.91. The average Bonchev–Trinajstić information content (AvgIpc) is 3.15. The molecule has 1 aliphatic carbocycles. The number of amides is 2. The lowest BCUT2D eigenvalue weighted by atomic mass is 9.98. The maximum atomic E-state index is 12.9. The van der Waals surface area contributed by atoms with Gasteiger partial charge < -0.3 is 10.1 Å². The fourth-order valence-electron chi connectivity index (χ4n) is 3.91. The number of piperidine rings is 1. The second-order valence-corrected chi connectivity index (χ2v) is 8.41. The molecule has 2 fully saturated rings. The predicted octanol–water partition coefficient (Wildman–Crippen LogP) is 4.14. The minimum Gasteiger partial charge on any atom is -0.444 e. The largest absolute Gasteiger partial charge is 0.444 e. The van der Waals surface area contributed by atoms with Crippen LogP contribution in [-0.2, 0) is 15.7 Å². The molecular formula is C19H24F3N3O3. The molecule has 1 saturated carbocycles. The maximum absolute atomic E-state index is 12.9. The number of carbonyl (C=O) groups excluding carboxylic acids is 2. The molecule has 1 N–H and O–H groups in total. The lowest BCUT2D eigenvalue weighted by Gasteiger charge is -2.35. The predicted molar refractivity (Wildman–Crippen MR) is 95.6 cm³/mol. The normalized spacial score (nSPS) is 24.4. The number of likely N-dealkylation sites (tertiary alicyclic amines) is 1. The number of hydrogen-bond acceptors (Lipinski definition) is 4. The van der Waals surface area contributed by atoms with E-state index in [-0.39, 0.29) is 17.8 Å². The van der Waals surface area contributed by atoms with Crippen LogP contribution in [0.1, 0.15) is 51.3 Å². The minimum absolute atomic E-state index is 0.0383. The summed E-state index contributed by atoms with van der Waals surface area (Å²) in [5.41, 5.74) is -1.38. The number of anilines is 1. The first kappa shape index (κ1) is 20.4. The number of nitrogens with one attached hydrogen (secondary N) is 1. The van der Waals surface area contributed by atoms with Crippen molar-refractivity contribution >= 4 is 17.8 Å². The molecule has 1 aromatic rings. The lowest BCUT2D eigenvalue weighted by Crippen LogP contribution is -2.52. The molecule has 28 heavy (non-hydrogen) atoms. The zero-order valence-corrected chi connectivity index (χ0v) is 16.3. The van der Waals surface area contributed by atoms with Crippen LogP contribution < -0.4 is 5.32 Å². The van der Waals surface area contributed by atoms with E-state index >= 15 is 0 Å². The zero-order chi connectivity index (χ0) is 20.9. The monoisotopic (exact) mass is 399 g/mol. The number of hydrogen-bond donors (Lipinski definition) is 1. The third-order valence-electron chi connectivity index (χ3n) is 5.09. The van der Waals surface area contributed by atoms with Gasteiger partial charge in [-0.3, -0.25) is 9.69 Å². The van der Waals surface area contributed by atoms with Crippen molar-refractivity contribution in [3.05, 3.63) is 23.4 Å². The van der Waals surface area contributed by atoms with E-state index in [4.69, 9.17) is 4.74 Å². The quantitative estimate of drug-likeness (QED) is 0.812. The SMILES string of the molecule is Cc1ccc(C(F)(F)F)nc1NC(=O)[C@@H]1C2CCC(C2)N1C(=O)OC(C)(C)C. The molecular weight excluding hydrogens is 375 g/mol. The van der Waals surface area contributed by atoms with Gasteiger partial charge in [-0.05, 0) is 64.5 Å². The summed E-state index contributed by atoms with van der Waals surface area (Å²) in [6, 6.07) is 1.27. The summed E-state index contributed by atoms with van der Waals surface area (Å²) in [5.74, 6) is -0.719. The van der Waals surface area contributed by atoms with E-state index in [0.29, 0.717) is 12.0 Å². The Kier molecular flexibility index (Phi) is 5.05. The Morgan fingerprint density at radius 3 is 2.50 bits per heavy atom. The van der Waals surface area contributed by atoms with Gasteiger partial charge in [0.1, 0.15) is 23.2 Å². The van der Waals surface area contributed by atoms with E-state index in [1.165, 1.54) is 11.0 Å². The van der Waals surface area contributed by atoms with Gasteiger partial charge in [-0.15, -0.1) is 0 Å². The number of pyridine rings is 1. The number of ether oxygens (including phenoxy) is 1. The van der Waals surface area contributed by atoms with Crippen molar-refractivity contribution < 1.29 is 27.5 Å². The summed E-state index contributed by atoms with van der Waals surface area (Å²) in [7, 11) is 0. The molecule has 0 spiro atoms. The van der Waals surface area contributed by atoms with Crippen molar-refractivity contribution in [1.29, 1.82) is 0 Å².